The second kappa shape index (κ2) is 5.94. The van der Waals surface area contributed by atoms with Gasteiger partial charge in [0.2, 0.25) is 0 Å². The van der Waals surface area contributed by atoms with Gasteiger partial charge < -0.3 is 4.57 Å². The standard InChI is InChI=1S/C15H13BrClN3/c16-12-5-3-11(4-6-12)10-20-14(7-8-17)19-13-2-1-9-18-15(13)20/h1-6,9H,7-8,10H2. The molecule has 1 aromatic carbocycles. The lowest BCUT2D eigenvalue weighted by Crippen LogP contribution is -2.06. The first-order chi connectivity index (χ1) is 9.78. The summed E-state index contributed by atoms with van der Waals surface area (Å²) in [5.74, 6) is 1.54. The number of halogens is 2. The molecule has 0 radical (unpaired) electrons. The monoisotopic (exact) mass is 349 g/mol. The molecule has 0 saturated heterocycles. The summed E-state index contributed by atoms with van der Waals surface area (Å²) < 4.78 is 3.22. The van der Waals surface area contributed by atoms with E-state index in [9.17, 15) is 0 Å². The highest BCUT2D eigenvalue weighted by Gasteiger charge is 2.11. The number of hydrogen-bond acceptors (Lipinski definition) is 2. The van der Waals surface area contributed by atoms with E-state index in [1.165, 1.54) is 5.56 Å². The van der Waals surface area contributed by atoms with Crippen LogP contribution in [0.1, 0.15) is 11.4 Å². The number of benzene rings is 1. The third kappa shape index (κ3) is 2.72. The molecule has 0 unspecified atom stereocenters. The van der Waals surface area contributed by atoms with Crippen LogP contribution >= 0.6 is 27.5 Å². The van der Waals surface area contributed by atoms with E-state index in [-0.39, 0.29) is 0 Å². The number of alkyl halides is 1. The molecule has 0 N–H and O–H groups in total. The average Bonchev–Trinajstić information content (AvgIpc) is 2.80. The van der Waals surface area contributed by atoms with E-state index in [0.717, 1.165) is 34.4 Å². The smallest absolute Gasteiger partial charge is 0.160 e. The van der Waals surface area contributed by atoms with Gasteiger partial charge in [-0.3, -0.25) is 0 Å². The summed E-state index contributed by atoms with van der Waals surface area (Å²) in [6.45, 7) is 0.757. The van der Waals surface area contributed by atoms with Gasteiger partial charge in [0.25, 0.3) is 0 Å². The van der Waals surface area contributed by atoms with E-state index in [0.29, 0.717) is 5.88 Å². The van der Waals surface area contributed by atoms with Crippen LogP contribution in [-0.4, -0.2) is 20.4 Å². The summed E-state index contributed by atoms with van der Waals surface area (Å²) in [5.41, 5.74) is 3.05. The van der Waals surface area contributed by atoms with Crippen molar-refractivity contribution in [2.24, 2.45) is 0 Å². The van der Waals surface area contributed by atoms with E-state index >= 15 is 0 Å². The minimum atomic E-state index is 0.559. The summed E-state index contributed by atoms with van der Waals surface area (Å²) >= 11 is 9.33. The Balaban J connectivity index is 2.04. The first-order valence-corrected chi connectivity index (χ1v) is 7.71. The van der Waals surface area contributed by atoms with Gasteiger partial charge in [-0.15, -0.1) is 11.6 Å². The van der Waals surface area contributed by atoms with Crippen LogP contribution in [0.5, 0.6) is 0 Å². The van der Waals surface area contributed by atoms with Gasteiger partial charge in [-0.05, 0) is 29.8 Å². The van der Waals surface area contributed by atoms with Crippen LogP contribution in [0.15, 0.2) is 47.1 Å². The van der Waals surface area contributed by atoms with Crippen molar-refractivity contribution >= 4 is 38.7 Å². The topological polar surface area (TPSA) is 30.7 Å². The van der Waals surface area contributed by atoms with Crippen molar-refractivity contribution in [3.05, 3.63) is 58.5 Å². The highest BCUT2D eigenvalue weighted by atomic mass is 79.9. The molecule has 3 nitrogen and oxygen atoms in total. The molecular formula is C15H13BrClN3. The Hall–Kier alpha value is -1.39. The van der Waals surface area contributed by atoms with Gasteiger partial charge in [0.1, 0.15) is 11.3 Å². The Bertz CT molecular complexity index is 722. The van der Waals surface area contributed by atoms with Gasteiger partial charge in [0.15, 0.2) is 5.65 Å². The predicted octanol–water partition coefficient (Wildman–Crippen LogP) is 4.02. The lowest BCUT2D eigenvalue weighted by atomic mass is 10.2. The second-order valence-electron chi connectivity index (χ2n) is 4.53. The van der Waals surface area contributed by atoms with Crippen LogP contribution in [0.4, 0.5) is 0 Å². The van der Waals surface area contributed by atoms with Crippen LogP contribution < -0.4 is 0 Å². The van der Waals surface area contributed by atoms with Gasteiger partial charge >= 0.3 is 0 Å². The van der Waals surface area contributed by atoms with Crippen molar-refractivity contribution < 1.29 is 0 Å². The van der Waals surface area contributed by atoms with Crippen molar-refractivity contribution in [1.29, 1.82) is 0 Å². The van der Waals surface area contributed by atoms with Crippen LogP contribution in [0.3, 0.4) is 0 Å². The largest absolute Gasteiger partial charge is 0.308 e. The molecule has 102 valence electrons. The van der Waals surface area contributed by atoms with Crippen molar-refractivity contribution in [3.8, 4) is 0 Å². The molecule has 2 heterocycles. The fraction of sp³-hybridized carbons (Fsp3) is 0.200. The van der Waals surface area contributed by atoms with Crippen molar-refractivity contribution in [3.63, 3.8) is 0 Å². The molecule has 3 rings (SSSR count). The summed E-state index contributed by atoms with van der Waals surface area (Å²) in [5, 5.41) is 0. The van der Waals surface area contributed by atoms with Gasteiger partial charge in [-0.1, -0.05) is 28.1 Å². The molecule has 0 spiro atoms. The molecular weight excluding hydrogens is 338 g/mol. The fourth-order valence-electron chi connectivity index (χ4n) is 2.22. The maximum absolute atomic E-state index is 5.88. The molecule has 0 bridgehead atoms. The fourth-order valence-corrected chi connectivity index (χ4v) is 2.65. The Labute approximate surface area is 130 Å². The first-order valence-electron chi connectivity index (χ1n) is 6.38. The zero-order valence-electron chi connectivity index (χ0n) is 10.8. The van der Waals surface area contributed by atoms with Crippen LogP contribution in [0.25, 0.3) is 11.2 Å². The van der Waals surface area contributed by atoms with Crippen LogP contribution in [-0.2, 0) is 13.0 Å². The zero-order chi connectivity index (χ0) is 13.9. The molecule has 0 saturated carbocycles. The third-order valence-corrected chi connectivity index (χ3v) is 3.87. The van der Waals surface area contributed by atoms with E-state index in [1.807, 2.05) is 24.3 Å². The molecule has 0 amide bonds. The quantitative estimate of drug-likeness (QED) is 0.665. The van der Waals surface area contributed by atoms with Gasteiger partial charge in [0, 0.05) is 23.0 Å². The highest BCUT2D eigenvalue weighted by molar-refractivity contribution is 9.10. The number of imidazole rings is 1. The van der Waals surface area contributed by atoms with Crippen molar-refractivity contribution in [2.45, 2.75) is 13.0 Å². The van der Waals surface area contributed by atoms with Crippen LogP contribution in [0.2, 0.25) is 0 Å². The minimum absolute atomic E-state index is 0.559. The van der Waals surface area contributed by atoms with Crippen molar-refractivity contribution in [2.75, 3.05) is 5.88 Å². The Morgan fingerprint density at radius 2 is 1.95 bits per heavy atom. The predicted molar refractivity (Wildman–Crippen MR) is 85.2 cm³/mol. The number of rotatable bonds is 4. The molecule has 0 aliphatic rings. The Kier molecular flexibility index (Phi) is 4.03. The SMILES string of the molecule is ClCCc1nc2cccnc2n1Cc1ccc(Br)cc1. The summed E-state index contributed by atoms with van der Waals surface area (Å²) in [6, 6.07) is 12.2. The molecule has 20 heavy (non-hydrogen) atoms. The molecule has 0 atom stereocenters. The number of fused-ring (bicyclic) bond motifs is 1. The van der Waals surface area contributed by atoms with Crippen molar-refractivity contribution in [1.82, 2.24) is 14.5 Å². The molecule has 2 aromatic heterocycles. The summed E-state index contributed by atoms with van der Waals surface area (Å²) in [6.07, 6.45) is 2.54. The van der Waals surface area contributed by atoms with Gasteiger partial charge in [-0.25, -0.2) is 9.97 Å². The molecule has 3 aromatic rings. The number of nitrogens with zero attached hydrogens (tertiary/aromatic N) is 3. The van der Waals surface area contributed by atoms with E-state index in [2.05, 4.69) is 42.6 Å². The minimum Gasteiger partial charge on any atom is -0.308 e. The second-order valence-corrected chi connectivity index (χ2v) is 5.82. The van der Waals surface area contributed by atoms with E-state index < -0.39 is 0 Å². The van der Waals surface area contributed by atoms with E-state index in [1.54, 1.807) is 6.20 Å². The van der Waals surface area contributed by atoms with Gasteiger partial charge in [-0.2, -0.15) is 0 Å². The van der Waals surface area contributed by atoms with Gasteiger partial charge in [0.05, 0.1) is 6.54 Å². The lowest BCUT2D eigenvalue weighted by Gasteiger charge is -2.08. The zero-order valence-corrected chi connectivity index (χ0v) is 13.1. The lowest BCUT2D eigenvalue weighted by molar-refractivity contribution is 0.747. The molecule has 0 fully saturated rings. The number of aryl methyl sites for hydroxylation is 1. The molecule has 0 aliphatic carbocycles. The Morgan fingerprint density at radius 1 is 1.15 bits per heavy atom. The Morgan fingerprint density at radius 3 is 2.70 bits per heavy atom. The van der Waals surface area contributed by atoms with E-state index in [4.69, 9.17) is 11.6 Å². The maximum atomic E-state index is 5.88. The highest BCUT2D eigenvalue weighted by Crippen LogP contribution is 2.18. The normalized spacial score (nSPS) is 11.1. The first kappa shape index (κ1) is 13.6. The maximum Gasteiger partial charge on any atom is 0.160 e. The summed E-state index contributed by atoms with van der Waals surface area (Å²) in [4.78, 5) is 9.07. The third-order valence-electron chi connectivity index (χ3n) is 3.15. The number of hydrogen-bond donors (Lipinski definition) is 0. The molecule has 0 aliphatic heterocycles. The average molecular weight is 351 g/mol. The summed E-state index contributed by atoms with van der Waals surface area (Å²) in [7, 11) is 0. The molecule has 5 heteroatoms. The number of pyridine rings is 1. The number of aromatic nitrogens is 3. The van der Waals surface area contributed by atoms with Crippen LogP contribution in [0, 0.1) is 0 Å².